The van der Waals surface area contributed by atoms with E-state index in [2.05, 4.69) is 45.3 Å². The second-order valence-electron chi connectivity index (χ2n) is 5.09. The first-order chi connectivity index (χ1) is 10.2. The lowest BCUT2D eigenvalue weighted by molar-refractivity contribution is 0.322. The third-order valence-corrected chi connectivity index (χ3v) is 4.26. The highest BCUT2D eigenvalue weighted by atomic mass is 32.1. The highest BCUT2D eigenvalue weighted by Crippen LogP contribution is 2.27. The van der Waals surface area contributed by atoms with Crippen LogP contribution in [0.3, 0.4) is 0 Å². The van der Waals surface area contributed by atoms with E-state index >= 15 is 0 Å². The fraction of sp³-hybridized carbons (Fsp3) is 0.267. The van der Waals surface area contributed by atoms with Gasteiger partial charge in [0.05, 0.1) is 6.20 Å². The number of aromatic nitrogens is 4. The van der Waals surface area contributed by atoms with E-state index in [9.17, 15) is 0 Å². The van der Waals surface area contributed by atoms with Crippen LogP contribution in [-0.2, 0) is 20.1 Å². The smallest absolute Gasteiger partial charge is 0.115 e. The van der Waals surface area contributed by atoms with E-state index < -0.39 is 0 Å². The Hall–Kier alpha value is -2.05. The summed E-state index contributed by atoms with van der Waals surface area (Å²) in [5.41, 5.74) is 2.30. The van der Waals surface area contributed by atoms with Gasteiger partial charge >= 0.3 is 0 Å². The summed E-state index contributed by atoms with van der Waals surface area (Å²) >= 11 is 1.79. The first kappa shape index (κ1) is 13.9. The van der Waals surface area contributed by atoms with Crippen LogP contribution >= 0.6 is 11.3 Å². The van der Waals surface area contributed by atoms with Gasteiger partial charge in [0.25, 0.3) is 0 Å². The molecule has 0 aliphatic heterocycles. The third-order valence-electron chi connectivity index (χ3n) is 3.14. The second kappa shape index (κ2) is 6.15. The highest BCUT2D eigenvalue weighted by Gasteiger charge is 2.07. The number of thiophene rings is 1. The molecule has 0 saturated heterocycles. The molecule has 6 heteroatoms. The van der Waals surface area contributed by atoms with E-state index in [-0.39, 0.29) is 0 Å². The number of hydrogen-bond acceptors (Lipinski definition) is 5. The van der Waals surface area contributed by atoms with Crippen molar-refractivity contribution in [3.63, 3.8) is 0 Å². The molecular weight excluding hydrogens is 282 g/mol. The van der Waals surface area contributed by atoms with E-state index in [0.29, 0.717) is 0 Å². The summed E-state index contributed by atoms with van der Waals surface area (Å²) in [6, 6.07) is 4.31. The van der Waals surface area contributed by atoms with E-state index in [1.165, 1.54) is 15.3 Å². The van der Waals surface area contributed by atoms with Crippen LogP contribution in [0.15, 0.2) is 43.2 Å². The van der Waals surface area contributed by atoms with Crippen molar-refractivity contribution in [1.29, 1.82) is 0 Å². The van der Waals surface area contributed by atoms with Gasteiger partial charge in [0.2, 0.25) is 0 Å². The van der Waals surface area contributed by atoms with Crippen LogP contribution in [0.5, 0.6) is 0 Å². The first-order valence-corrected chi connectivity index (χ1v) is 7.52. The molecule has 0 radical (unpaired) electrons. The van der Waals surface area contributed by atoms with Gasteiger partial charge in [-0.1, -0.05) is 0 Å². The van der Waals surface area contributed by atoms with Crippen molar-refractivity contribution in [2.24, 2.45) is 7.05 Å². The van der Waals surface area contributed by atoms with Gasteiger partial charge in [0.1, 0.15) is 6.33 Å². The molecule has 0 bridgehead atoms. The molecule has 0 aromatic carbocycles. The molecule has 0 aliphatic carbocycles. The van der Waals surface area contributed by atoms with Crippen molar-refractivity contribution >= 4 is 11.3 Å². The zero-order chi connectivity index (χ0) is 14.7. The largest absolute Gasteiger partial charge is 0.297 e. The molecule has 3 rings (SSSR count). The molecule has 0 aliphatic rings. The lowest BCUT2D eigenvalue weighted by Gasteiger charge is -2.14. The number of aryl methyl sites for hydroxylation is 1. The maximum absolute atomic E-state index is 4.20. The van der Waals surface area contributed by atoms with Gasteiger partial charge in [-0.05, 0) is 19.2 Å². The van der Waals surface area contributed by atoms with E-state index in [0.717, 1.165) is 18.7 Å². The maximum Gasteiger partial charge on any atom is 0.115 e. The Kier molecular flexibility index (Phi) is 4.08. The molecule has 3 aromatic heterocycles. The van der Waals surface area contributed by atoms with Gasteiger partial charge in [-0.2, -0.15) is 5.10 Å². The summed E-state index contributed by atoms with van der Waals surface area (Å²) in [6.07, 6.45) is 9.22. The van der Waals surface area contributed by atoms with Crippen LogP contribution in [0.2, 0.25) is 0 Å². The third kappa shape index (κ3) is 3.53. The predicted octanol–water partition coefficient (Wildman–Crippen LogP) is 2.57. The number of rotatable bonds is 5. The van der Waals surface area contributed by atoms with Crippen molar-refractivity contribution in [2.45, 2.75) is 13.1 Å². The van der Waals surface area contributed by atoms with Crippen LogP contribution in [0.4, 0.5) is 0 Å². The molecule has 3 heterocycles. The lowest BCUT2D eigenvalue weighted by Crippen LogP contribution is -2.16. The summed E-state index contributed by atoms with van der Waals surface area (Å²) in [6.45, 7) is 1.82. The van der Waals surface area contributed by atoms with Crippen LogP contribution in [0, 0.1) is 0 Å². The first-order valence-electron chi connectivity index (χ1n) is 6.71. The average molecular weight is 299 g/mol. The molecule has 0 unspecified atom stereocenters. The van der Waals surface area contributed by atoms with E-state index in [1.807, 2.05) is 30.3 Å². The van der Waals surface area contributed by atoms with Gasteiger partial charge < -0.3 is 0 Å². The fourth-order valence-corrected chi connectivity index (χ4v) is 3.29. The van der Waals surface area contributed by atoms with Gasteiger partial charge in [0, 0.05) is 59.6 Å². The monoisotopic (exact) mass is 299 g/mol. The van der Waals surface area contributed by atoms with Crippen molar-refractivity contribution in [3.05, 3.63) is 53.7 Å². The van der Waals surface area contributed by atoms with Crippen LogP contribution in [0.1, 0.15) is 10.4 Å². The van der Waals surface area contributed by atoms with Gasteiger partial charge in [-0.15, -0.1) is 11.3 Å². The Morgan fingerprint density at radius 3 is 2.67 bits per heavy atom. The number of hydrogen-bond donors (Lipinski definition) is 0. The fourth-order valence-electron chi connectivity index (χ4n) is 2.23. The molecule has 21 heavy (non-hydrogen) atoms. The minimum absolute atomic E-state index is 0.898. The van der Waals surface area contributed by atoms with Gasteiger partial charge in [-0.25, -0.2) is 9.97 Å². The SMILES string of the molecule is CN(Cc1cnn(C)c1)Cc1ccc(-c2cncnc2)s1. The summed E-state index contributed by atoms with van der Waals surface area (Å²) in [5.74, 6) is 0. The van der Waals surface area contributed by atoms with Gasteiger partial charge in [-0.3, -0.25) is 9.58 Å². The molecule has 0 fully saturated rings. The minimum atomic E-state index is 0.898. The summed E-state index contributed by atoms with van der Waals surface area (Å²) in [7, 11) is 4.06. The Balaban J connectivity index is 1.64. The zero-order valence-electron chi connectivity index (χ0n) is 12.1. The second-order valence-corrected chi connectivity index (χ2v) is 6.26. The van der Waals surface area contributed by atoms with Crippen molar-refractivity contribution in [3.8, 4) is 10.4 Å². The van der Waals surface area contributed by atoms with Crippen LogP contribution in [-0.4, -0.2) is 31.7 Å². The molecule has 0 atom stereocenters. The van der Waals surface area contributed by atoms with Crippen LogP contribution in [0.25, 0.3) is 10.4 Å². The van der Waals surface area contributed by atoms with Gasteiger partial charge in [0.15, 0.2) is 0 Å². The van der Waals surface area contributed by atoms with Crippen molar-refractivity contribution in [2.75, 3.05) is 7.05 Å². The minimum Gasteiger partial charge on any atom is -0.297 e. The summed E-state index contributed by atoms with van der Waals surface area (Å²) in [4.78, 5) is 13.0. The quantitative estimate of drug-likeness (QED) is 0.726. The molecule has 0 N–H and O–H groups in total. The Bertz CT molecular complexity index is 704. The molecule has 108 valence electrons. The normalized spacial score (nSPS) is 11.2. The number of nitrogens with zero attached hydrogens (tertiary/aromatic N) is 5. The Morgan fingerprint density at radius 2 is 1.95 bits per heavy atom. The molecule has 0 saturated carbocycles. The Morgan fingerprint density at radius 1 is 1.14 bits per heavy atom. The molecule has 0 amide bonds. The topological polar surface area (TPSA) is 46.8 Å². The van der Waals surface area contributed by atoms with Crippen molar-refractivity contribution < 1.29 is 0 Å². The molecule has 0 spiro atoms. The zero-order valence-corrected chi connectivity index (χ0v) is 12.9. The summed E-state index contributed by atoms with van der Waals surface area (Å²) < 4.78 is 1.84. The van der Waals surface area contributed by atoms with E-state index in [1.54, 1.807) is 17.7 Å². The standard InChI is InChI=1S/C15H17N5S/c1-19(8-12-5-18-20(2)9-12)10-14-3-4-15(21-14)13-6-16-11-17-7-13/h3-7,9,11H,8,10H2,1-2H3. The average Bonchev–Trinajstić information content (AvgIpc) is 3.09. The van der Waals surface area contributed by atoms with Crippen LogP contribution < -0.4 is 0 Å². The molecular formula is C15H17N5S. The Labute approximate surface area is 127 Å². The summed E-state index contributed by atoms with van der Waals surface area (Å²) in [5, 5.41) is 4.20. The molecule has 5 nitrogen and oxygen atoms in total. The van der Waals surface area contributed by atoms with E-state index in [4.69, 9.17) is 0 Å². The lowest BCUT2D eigenvalue weighted by atomic mass is 10.3. The molecule has 3 aromatic rings. The van der Waals surface area contributed by atoms with Crippen molar-refractivity contribution in [1.82, 2.24) is 24.6 Å². The maximum atomic E-state index is 4.20. The highest BCUT2D eigenvalue weighted by molar-refractivity contribution is 7.15. The predicted molar refractivity (Wildman–Crippen MR) is 83.7 cm³/mol.